The Kier molecular flexibility index (Phi) is 4.88. The van der Waals surface area contributed by atoms with Crippen molar-refractivity contribution in [2.45, 2.75) is 13.2 Å². The highest BCUT2D eigenvalue weighted by molar-refractivity contribution is 6.45. The van der Waals surface area contributed by atoms with E-state index in [1.165, 1.54) is 30.3 Å². The monoisotopic (exact) mass is 264 g/mol. The molecule has 0 aliphatic carbocycles. The fourth-order valence-electron chi connectivity index (χ4n) is 1.31. The van der Waals surface area contributed by atoms with E-state index in [0.717, 1.165) is 0 Å². The van der Waals surface area contributed by atoms with Gasteiger partial charge in [-0.3, -0.25) is 0 Å². The van der Waals surface area contributed by atoms with Crippen molar-refractivity contribution in [3.8, 4) is 17.6 Å². The van der Waals surface area contributed by atoms with Crippen molar-refractivity contribution in [2.75, 3.05) is 13.6 Å². The molecule has 5 heteroatoms. The molecule has 0 saturated heterocycles. The fraction of sp³-hybridized carbons (Fsp3) is 0.286. The van der Waals surface area contributed by atoms with Crippen LogP contribution in [0.25, 0.3) is 6.08 Å². The van der Waals surface area contributed by atoms with Crippen molar-refractivity contribution in [1.82, 2.24) is 5.23 Å². The summed E-state index contributed by atoms with van der Waals surface area (Å²) < 4.78 is 39.2. The van der Waals surface area contributed by atoms with Crippen LogP contribution in [-0.4, -0.2) is 25.7 Å². The molecule has 19 heavy (non-hydrogen) atoms. The van der Waals surface area contributed by atoms with Gasteiger partial charge in [0.15, 0.2) is 5.83 Å². The summed E-state index contributed by atoms with van der Waals surface area (Å²) >= 11 is 0. The molecule has 0 bridgehead atoms. The van der Waals surface area contributed by atoms with E-state index in [2.05, 4.69) is 17.1 Å². The standard InChI is InChI=1S/C14H17BFNO2/c1-15(18)17-10-4-3-5-13(16)11-12-6-8-14(19-2)9-7-12/h6-9,11,17-18H,4,10H2,1-2H3/b13-11+/i2D3. The highest BCUT2D eigenvalue weighted by Gasteiger charge is 1.97. The first-order valence-electron chi connectivity index (χ1n) is 7.33. The van der Waals surface area contributed by atoms with E-state index in [9.17, 15) is 4.39 Å². The molecular formula is C14H17BFNO2. The molecule has 0 amide bonds. The third-order valence-electron chi connectivity index (χ3n) is 2.19. The molecule has 2 N–H and O–H groups in total. The number of halogens is 1. The van der Waals surface area contributed by atoms with Crippen LogP contribution in [0.1, 0.15) is 16.1 Å². The number of benzene rings is 1. The van der Waals surface area contributed by atoms with Gasteiger partial charge in [0.05, 0.1) is 11.2 Å². The molecule has 0 aliphatic heterocycles. The molecule has 0 fully saturated rings. The highest BCUT2D eigenvalue weighted by atomic mass is 19.1. The normalized spacial score (nSPS) is 13.6. The van der Waals surface area contributed by atoms with Crippen molar-refractivity contribution in [3.05, 3.63) is 35.7 Å². The van der Waals surface area contributed by atoms with Crippen molar-refractivity contribution in [3.63, 3.8) is 0 Å². The minimum Gasteiger partial charge on any atom is -0.497 e. The van der Waals surface area contributed by atoms with E-state index in [4.69, 9.17) is 13.9 Å². The molecule has 1 aromatic rings. The molecule has 0 radical (unpaired) electrons. The summed E-state index contributed by atoms with van der Waals surface area (Å²) in [6, 6.07) is 5.98. The summed E-state index contributed by atoms with van der Waals surface area (Å²) in [5.41, 5.74) is 0.548. The average Bonchev–Trinajstić information content (AvgIpc) is 2.38. The van der Waals surface area contributed by atoms with Gasteiger partial charge in [-0.15, -0.1) is 0 Å². The zero-order valence-corrected chi connectivity index (χ0v) is 10.6. The Labute approximate surface area is 117 Å². The number of hydrogen-bond donors (Lipinski definition) is 2. The Morgan fingerprint density at radius 2 is 2.32 bits per heavy atom. The lowest BCUT2D eigenvalue weighted by molar-refractivity contribution is 0.415. The largest absolute Gasteiger partial charge is 0.497 e. The number of hydrogen-bond acceptors (Lipinski definition) is 3. The van der Waals surface area contributed by atoms with Crippen LogP contribution >= 0.6 is 0 Å². The number of allylic oxidation sites excluding steroid dienone is 1. The SMILES string of the molecule is [2H]C([2H])([2H])Oc1ccc(/C=C(/F)C#CCCNB(C)O)cc1. The van der Waals surface area contributed by atoms with Gasteiger partial charge in [-0.2, -0.15) is 4.39 Å². The van der Waals surface area contributed by atoms with E-state index in [1.807, 2.05) is 0 Å². The molecule has 0 aliphatic rings. The van der Waals surface area contributed by atoms with Gasteiger partial charge in [0.25, 0.3) is 0 Å². The molecule has 100 valence electrons. The molecule has 3 nitrogen and oxygen atoms in total. The minimum atomic E-state index is -2.51. The molecule has 0 aromatic heterocycles. The van der Waals surface area contributed by atoms with Crippen LogP contribution in [0.5, 0.6) is 5.75 Å². The Bertz CT molecular complexity index is 562. The number of nitrogens with one attached hydrogen (secondary N) is 1. The molecule has 1 rings (SSSR count). The second-order valence-corrected chi connectivity index (χ2v) is 3.85. The van der Waals surface area contributed by atoms with E-state index >= 15 is 0 Å². The number of ether oxygens (including phenoxy) is 1. The molecule has 0 saturated carbocycles. The Morgan fingerprint density at radius 3 is 2.95 bits per heavy atom. The molecule has 0 spiro atoms. The predicted octanol–water partition coefficient (Wildman–Crippen LogP) is 2.10. The van der Waals surface area contributed by atoms with Crippen molar-refractivity contribution < 1.29 is 18.3 Å². The summed E-state index contributed by atoms with van der Waals surface area (Å²) in [4.78, 5) is 0. The van der Waals surface area contributed by atoms with Gasteiger partial charge in [0.2, 0.25) is 0 Å². The van der Waals surface area contributed by atoms with E-state index in [0.29, 0.717) is 18.5 Å². The Hall–Kier alpha value is -1.77. The number of methoxy groups -OCH3 is 1. The van der Waals surface area contributed by atoms with Crippen LogP contribution in [0.2, 0.25) is 6.82 Å². The maximum Gasteiger partial charge on any atom is 0.373 e. The molecule has 0 atom stereocenters. The lowest BCUT2D eigenvalue weighted by Crippen LogP contribution is -2.30. The summed E-state index contributed by atoms with van der Waals surface area (Å²) in [6.45, 7) is 2.06. The van der Waals surface area contributed by atoms with Crippen molar-refractivity contribution >= 4 is 13.1 Å². The third-order valence-corrected chi connectivity index (χ3v) is 2.19. The third kappa shape index (κ3) is 6.65. The average molecular weight is 264 g/mol. The summed E-state index contributed by atoms with van der Waals surface area (Å²) in [6.07, 6.45) is 1.66. The van der Waals surface area contributed by atoms with Crippen molar-refractivity contribution in [2.24, 2.45) is 0 Å². The predicted molar refractivity (Wildman–Crippen MR) is 76.3 cm³/mol. The second kappa shape index (κ2) is 8.36. The van der Waals surface area contributed by atoms with Gasteiger partial charge < -0.3 is 15.0 Å². The zero-order chi connectivity index (χ0) is 16.6. The van der Waals surface area contributed by atoms with Gasteiger partial charge in [-0.05, 0) is 43.1 Å². The van der Waals surface area contributed by atoms with Crippen LogP contribution in [0.15, 0.2) is 30.1 Å². The highest BCUT2D eigenvalue weighted by Crippen LogP contribution is 2.14. The lowest BCUT2D eigenvalue weighted by atomic mass is 9.89. The quantitative estimate of drug-likeness (QED) is 0.486. The van der Waals surface area contributed by atoms with E-state index < -0.39 is 19.9 Å². The Morgan fingerprint density at radius 1 is 1.58 bits per heavy atom. The van der Waals surface area contributed by atoms with Crippen LogP contribution in [0.4, 0.5) is 4.39 Å². The zero-order valence-electron chi connectivity index (χ0n) is 13.6. The molecule has 0 unspecified atom stereocenters. The molecular weight excluding hydrogens is 244 g/mol. The van der Waals surface area contributed by atoms with Crippen LogP contribution in [0, 0.1) is 11.8 Å². The maximum absolute atomic E-state index is 13.5. The minimum absolute atomic E-state index is 0.188. The van der Waals surface area contributed by atoms with Gasteiger partial charge in [-0.25, -0.2) is 0 Å². The molecule has 1 aromatic carbocycles. The summed E-state index contributed by atoms with van der Waals surface area (Å²) in [7, 11) is -3.12. The van der Waals surface area contributed by atoms with Gasteiger partial charge >= 0.3 is 7.05 Å². The van der Waals surface area contributed by atoms with Crippen LogP contribution in [0.3, 0.4) is 0 Å². The van der Waals surface area contributed by atoms with Crippen molar-refractivity contribution in [1.29, 1.82) is 0 Å². The summed E-state index contributed by atoms with van der Waals surface area (Å²) in [5.74, 6) is 4.59. The van der Waals surface area contributed by atoms with Crippen LogP contribution < -0.4 is 9.96 Å². The Balaban J connectivity index is 2.56. The fourth-order valence-corrected chi connectivity index (χ4v) is 1.31. The van der Waals surface area contributed by atoms with Gasteiger partial charge in [0.1, 0.15) is 5.75 Å². The summed E-state index contributed by atoms with van der Waals surface area (Å²) in [5, 5.41) is 11.7. The van der Waals surface area contributed by atoms with E-state index in [-0.39, 0.29) is 5.75 Å². The van der Waals surface area contributed by atoms with Gasteiger partial charge in [0, 0.05) is 6.42 Å². The topological polar surface area (TPSA) is 41.5 Å². The van der Waals surface area contributed by atoms with Crippen LogP contribution in [-0.2, 0) is 0 Å². The first kappa shape index (κ1) is 11.1. The first-order valence-corrected chi connectivity index (χ1v) is 5.83. The van der Waals surface area contributed by atoms with E-state index in [1.54, 1.807) is 6.82 Å². The first-order chi connectivity index (χ1) is 10.3. The molecule has 0 heterocycles. The lowest BCUT2D eigenvalue weighted by Gasteiger charge is -1.99. The second-order valence-electron chi connectivity index (χ2n) is 3.85. The smallest absolute Gasteiger partial charge is 0.373 e. The van der Waals surface area contributed by atoms with Gasteiger partial charge in [-0.1, -0.05) is 18.1 Å². The number of rotatable bonds is 5. The maximum atomic E-state index is 13.5.